The van der Waals surface area contributed by atoms with Crippen LogP contribution < -0.4 is 0 Å². The van der Waals surface area contributed by atoms with Gasteiger partial charge in [-0.05, 0) is 30.3 Å². The number of alkyl halides is 3. The zero-order chi connectivity index (χ0) is 22.9. The Bertz CT molecular complexity index is 1230. The molecule has 0 bridgehead atoms. The van der Waals surface area contributed by atoms with Gasteiger partial charge in [-0.3, -0.25) is 4.79 Å². The third-order valence-electron chi connectivity index (χ3n) is 4.63. The number of carbonyl (C=O) groups excluding carboxylic acids is 1. The van der Waals surface area contributed by atoms with Gasteiger partial charge in [-0.25, -0.2) is 9.67 Å². The second-order valence-electron chi connectivity index (χ2n) is 7.03. The zero-order valence-corrected chi connectivity index (χ0v) is 17.5. The standard InChI is InChI=1S/C21H17ClF3N5O2/c1-28(12-19-26-7-8-29(19)13-21(23,24)25)20(31)16-11-17(18-6-3-9-32-18)30(27-16)15-5-2-4-14(22)10-15/h2-11H,12-13H2,1H3. The first-order chi connectivity index (χ1) is 15.2. The molecule has 4 aromatic rings. The van der Waals surface area contributed by atoms with Gasteiger partial charge in [-0.1, -0.05) is 17.7 Å². The van der Waals surface area contributed by atoms with Gasteiger partial charge < -0.3 is 13.9 Å². The number of imidazole rings is 1. The first kappa shape index (κ1) is 21.7. The highest BCUT2D eigenvalue weighted by molar-refractivity contribution is 6.30. The van der Waals surface area contributed by atoms with Crippen LogP contribution in [0.15, 0.2) is 65.5 Å². The zero-order valence-electron chi connectivity index (χ0n) is 16.8. The summed E-state index contributed by atoms with van der Waals surface area (Å²) in [6.07, 6.45) is -0.406. The minimum absolute atomic E-state index is 0.0906. The van der Waals surface area contributed by atoms with Crippen LogP contribution in [0.1, 0.15) is 16.3 Å². The number of rotatable bonds is 6. The SMILES string of the molecule is CN(Cc1nccn1CC(F)(F)F)C(=O)c1cc(-c2ccco2)n(-c2cccc(Cl)c2)n1. The number of halogens is 4. The average Bonchev–Trinajstić information content (AvgIpc) is 3.47. The van der Waals surface area contributed by atoms with E-state index in [1.54, 1.807) is 42.5 Å². The van der Waals surface area contributed by atoms with Crippen molar-refractivity contribution in [3.05, 3.63) is 77.7 Å². The Labute approximate surface area is 185 Å². The quantitative estimate of drug-likeness (QED) is 0.411. The molecule has 32 heavy (non-hydrogen) atoms. The van der Waals surface area contributed by atoms with E-state index in [9.17, 15) is 18.0 Å². The third-order valence-corrected chi connectivity index (χ3v) is 4.87. The largest absolute Gasteiger partial charge is 0.463 e. The van der Waals surface area contributed by atoms with Crippen molar-refractivity contribution < 1.29 is 22.4 Å². The van der Waals surface area contributed by atoms with Crippen LogP contribution in [0.2, 0.25) is 5.02 Å². The summed E-state index contributed by atoms with van der Waals surface area (Å²) in [5.74, 6) is 0.110. The first-order valence-corrected chi connectivity index (χ1v) is 9.81. The van der Waals surface area contributed by atoms with Crippen LogP contribution in [0.25, 0.3) is 17.1 Å². The highest BCUT2D eigenvalue weighted by Crippen LogP contribution is 2.26. The molecule has 3 heterocycles. The fourth-order valence-corrected chi connectivity index (χ4v) is 3.38. The Balaban J connectivity index is 1.63. The molecule has 0 N–H and O–H groups in total. The predicted molar refractivity (Wildman–Crippen MR) is 110 cm³/mol. The van der Waals surface area contributed by atoms with Crippen molar-refractivity contribution in [3.8, 4) is 17.1 Å². The van der Waals surface area contributed by atoms with E-state index in [0.29, 0.717) is 22.2 Å². The molecule has 3 aromatic heterocycles. The van der Waals surface area contributed by atoms with Crippen molar-refractivity contribution in [1.29, 1.82) is 0 Å². The Morgan fingerprint density at radius 3 is 2.72 bits per heavy atom. The van der Waals surface area contributed by atoms with Gasteiger partial charge >= 0.3 is 6.18 Å². The van der Waals surface area contributed by atoms with E-state index in [-0.39, 0.29) is 18.1 Å². The molecule has 0 radical (unpaired) electrons. The van der Waals surface area contributed by atoms with E-state index in [1.165, 1.54) is 35.3 Å². The van der Waals surface area contributed by atoms with Gasteiger partial charge in [0.15, 0.2) is 11.5 Å². The number of hydrogen-bond donors (Lipinski definition) is 0. The van der Waals surface area contributed by atoms with Gasteiger partial charge in [0.25, 0.3) is 5.91 Å². The molecule has 166 valence electrons. The third kappa shape index (κ3) is 4.70. The van der Waals surface area contributed by atoms with E-state index in [1.807, 2.05) is 0 Å². The van der Waals surface area contributed by atoms with E-state index >= 15 is 0 Å². The Morgan fingerprint density at radius 1 is 1.22 bits per heavy atom. The fraction of sp³-hybridized carbons (Fsp3) is 0.190. The average molecular weight is 464 g/mol. The molecule has 4 rings (SSSR count). The van der Waals surface area contributed by atoms with E-state index in [4.69, 9.17) is 16.0 Å². The van der Waals surface area contributed by atoms with Crippen molar-refractivity contribution in [2.24, 2.45) is 0 Å². The summed E-state index contributed by atoms with van der Waals surface area (Å²) in [4.78, 5) is 18.2. The normalized spacial score (nSPS) is 11.7. The summed E-state index contributed by atoms with van der Waals surface area (Å²) >= 11 is 6.10. The van der Waals surface area contributed by atoms with Crippen LogP contribution in [-0.4, -0.2) is 43.4 Å². The molecule has 0 unspecified atom stereocenters. The van der Waals surface area contributed by atoms with Gasteiger partial charge in [0, 0.05) is 30.5 Å². The lowest BCUT2D eigenvalue weighted by Crippen LogP contribution is -2.29. The molecule has 1 aromatic carbocycles. The molecule has 0 saturated heterocycles. The molecule has 0 aliphatic rings. The second-order valence-corrected chi connectivity index (χ2v) is 7.47. The number of aromatic nitrogens is 4. The van der Waals surface area contributed by atoms with Gasteiger partial charge in [-0.2, -0.15) is 18.3 Å². The smallest absolute Gasteiger partial charge is 0.406 e. The van der Waals surface area contributed by atoms with Crippen molar-refractivity contribution in [2.75, 3.05) is 7.05 Å². The molecule has 1 amide bonds. The maximum Gasteiger partial charge on any atom is 0.406 e. The number of nitrogens with zero attached hydrogens (tertiary/aromatic N) is 5. The number of carbonyl (C=O) groups is 1. The maximum atomic E-state index is 13.0. The van der Waals surface area contributed by atoms with Crippen molar-refractivity contribution >= 4 is 17.5 Å². The lowest BCUT2D eigenvalue weighted by Gasteiger charge is -2.17. The van der Waals surface area contributed by atoms with E-state index < -0.39 is 18.6 Å². The monoisotopic (exact) mass is 463 g/mol. The van der Waals surface area contributed by atoms with Crippen LogP contribution in [0.4, 0.5) is 13.2 Å². The molecule has 0 aliphatic carbocycles. The number of benzene rings is 1. The molecule has 7 nitrogen and oxygen atoms in total. The molecule has 0 saturated carbocycles. The lowest BCUT2D eigenvalue weighted by molar-refractivity contribution is -0.141. The van der Waals surface area contributed by atoms with Crippen LogP contribution in [0, 0.1) is 0 Å². The van der Waals surface area contributed by atoms with E-state index in [0.717, 1.165) is 4.57 Å². The van der Waals surface area contributed by atoms with Crippen molar-refractivity contribution in [3.63, 3.8) is 0 Å². The van der Waals surface area contributed by atoms with Crippen LogP contribution in [0.3, 0.4) is 0 Å². The highest BCUT2D eigenvalue weighted by Gasteiger charge is 2.29. The second kappa shape index (κ2) is 8.54. The van der Waals surface area contributed by atoms with Crippen LogP contribution in [-0.2, 0) is 13.1 Å². The number of furan rings is 1. The lowest BCUT2D eigenvalue weighted by atomic mass is 10.2. The molecular formula is C21H17ClF3N5O2. The highest BCUT2D eigenvalue weighted by atomic mass is 35.5. The fourth-order valence-electron chi connectivity index (χ4n) is 3.20. The summed E-state index contributed by atoms with van der Waals surface area (Å²) in [6, 6.07) is 11.9. The summed E-state index contributed by atoms with van der Waals surface area (Å²) in [5, 5.41) is 4.90. The first-order valence-electron chi connectivity index (χ1n) is 9.43. The van der Waals surface area contributed by atoms with Gasteiger partial charge in [0.05, 0.1) is 18.5 Å². The van der Waals surface area contributed by atoms with Gasteiger partial charge in [0.2, 0.25) is 0 Å². The molecular weight excluding hydrogens is 447 g/mol. The summed E-state index contributed by atoms with van der Waals surface area (Å²) in [7, 11) is 1.47. The summed E-state index contributed by atoms with van der Waals surface area (Å²) < 4.78 is 46.3. The minimum atomic E-state index is -4.40. The molecule has 0 spiro atoms. The minimum Gasteiger partial charge on any atom is -0.463 e. The molecule has 0 aliphatic heterocycles. The maximum absolute atomic E-state index is 13.0. The Hall–Kier alpha value is -3.53. The molecule has 0 fully saturated rings. The molecule has 0 atom stereocenters. The van der Waals surface area contributed by atoms with Gasteiger partial charge in [-0.15, -0.1) is 0 Å². The Morgan fingerprint density at radius 2 is 2.03 bits per heavy atom. The summed E-state index contributed by atoms with van der Waals surface area (Å²) in [6.45, 7) is -1.31. The van der Waals surface area contributed by atoms with Crippen LogP contribution in [0.5, 0.6) is 0 Å². The van der Waals surface area contributed by atoms with Crippen molar-refractivity contribution in [2.45, 2.75) is 19.3 Å². The summed E-state index contributed by atoms with van der Waals surface area (Å²) in [5.41, 5.74) is 1.23. The number of amides is 1. The predicted octanol–water partition coefficient (Wildman–Crippen LogP) is 4.82. The van der Waals surface area contributed by atoms with Crippen molar-refractivity contribution in [1.82, 2.24) is 24.2 Å². The molecule has 11 heteroatoms. The van der Waals surface area contributed by atoms with Crippen LogP contribution >= 0.6 is 11.6 Å². The Kier molecular flexibility index (Phi) is 5.79. The topological polar surface area (TPSA) is 69.1 Å². The number of hydrogen-bond acceptors (Lipinski definition) is 4. The van der Waals surface area contributed by atoms with Gasteiger partial charge in [0.1, 0.15) is 18.1 Å². The van der Waals surface area contributed by atoms with E-state index in [2.05, 4.69) is 10.1 Å².